The summed E-state index contributed by atoms with van der Waals surface area (Å²) in [6, 6.07) is 16.4. The number of hydrogen-bond donors (Lipinski definition) is 6. The molecule has 0 aliphatic carbocycles. The van der Waals surface area contributed by atoms with E-state index in [2.05, 4.69) is 15.3 Å². The Kier molecular flexibility index (Phi) is 12.3. The van der Waals surface area contributed by atoms with Gasteiger partial charge >= 0.3 is 5.97 Å². The second-order valence-corrected chi connectivity index (χ2v) is 9.02. The first-order chi connectivity index (χ1) is 18.2. The average Bonchev–Trinajstić information content (AvgIpc) is 2.87. The van der Waals surface area contributed by atoms with E-state index in [0.717, 1.165) is 11.1 Å². The molecular weight excluding hydrogens is 486 g/mol. The molecule has 0 saturated heterocycles. The van der Waals surface area contributed by atoms with Crippen LogP contribution >= 0.6 is 0 Å². The van der Waals surface area contributed by atoms with Gasteiger partial charge < -0.3 is 33.4 Å². The highest BCUT2D eigenvalue weighted by Gasteiger charge is 2.29. The number of nitrogens with two attached hydrogens (primary N) is 4. The lowest BCUT2D eigenvalue weighted by Gasteiger charge is -2.22. The number of guanidine groups is 2. The van der Waals surface area contributed by atoms with Crippen LogP contribution in [0.5, 0.6) is 0 Å². The number of carboxylic acid groups (broad SMARTS) is 1. The number of rotatable bonds is 16. The summed E-state index contributed by atoms with van der Waals surface area (Å²) in [5, 5.41) is 12.6. The van der Waals surface area contributed by atoms with Crippen molar-refractivity contribution in [3.05, 3.63) is 71.8 Å². The van der Waals surface area contributed by atoms with Gasteiger partial charge in [0.2, 0.25) is 5.91 Å². The lowest BCUT2D eigenvalue weighted by Crippen LogP contribution is -2.47. The van der Waals surface area contributed by atoms with Gasteiger partial charge in [0.25, 0.3) is 0 Å². The lowest BCUT2D eigenvalue weighted by molar-refractivity contribution is -0.144. The molecule has 2 aromatic rings. The molecule has 0 fully saturated rings. The molecule has 0 bridgehead atoms. The Morgan fingerprint density at radius 3 is 1.92 bits per heavy atom. The van der Waals surface area contributed by atoms with Crippen LogP contribution < -0.4 is 28.3 Å². The first-order valence-electron chi connectivity index (χ1n) is 12.4. The molecule has 0 radical (unpaired) electrons. The third-order valence-electron chi connectivity index (χ3n) is 5.90. The number of benzene rings is 2. The van der Waals surface area contributed by atoms with Crippen LogP contribution in [0.25, 0.3) is 0 Å². The number of carboxylic acids is 1. The summed E-state index contributed by atoms with van der Waals surface area (Å²) in [4.78, 5) is 46.5. The minimum Gasteiger partial charge on any atom is -0.481 e. The fourth-order valence-electron chi connectivity index (χ4n) is 3.99. The van der Waals surface area contributed by atoms with Gasteiger partial charge in [0, 0.05) is 13.0 Å². The summed E-state index contributed by atoms with van der Waals surface area (Å²) >= 11 is 0. The molecule has 1 amide bonds. The minimum absolute atomic E-state index is 0.0160. The Balaban J connectivity index is 2.18. The third-order valence-corrected chi connectivity index (χ3v) is 5.90. The minimum atomic E-state index is -1.08. The first-order valence-corrected chi connectivity index (χ1v) is 12.4. The van der Waals surface area contributed by atoms with Gasteiger partial charge in [-0.25, -0.2) is 4.99 Å². The zero-order valence-electron chi connectivity index (χ0n) is 21.3. The number of aliphatic carboxylic acids is 1. The molecule has 10 N–H and O–H groups in total. The molecule has 2 aromatic carbocycles. The van der Waals surface area contributed by atoms with Crippen molar-refractivity contribution in [3.63, 3.8) is 0 Å². The van der Waals surface area contributed by atoms with Crippen molar-refractivity contribution in [1.29, 1.82) is 0 Å². The third kappa shape index (κ3) is 11.1. The summed E-state index contributed by atoms with van der Waals surface area (Å²) in [6.45, 7) is 0.394. The average molecular weight is 524 g/mol. The van der Waals surface area contributed by atoms with Gasteiger partial charge in [0.1, 0.15) is 6.04 Å². The van der Waals surface area contributed by atoms with Gasteiger partial charge in [-0.2, -0.15) is 0 Å². The number of ketones is 1. The quantitative estimate of drug-likeness (QED) is 0.104. The Bertz CT molecular complexity index is 1100. The zero-order valence-corrected chi connectivity index (χ0v) is 21.3. The topological polar surface area (TPSA) is 212 Å². The molecule has 0 spiro atoms. The molecule has 2 rings (SSSR count). The van der Waals surface area contributed by atoms with Gasteiger partial charge in [0.15, 0.2) is 17.7 Å². The fraction of sp³-hybridized carbons (Fsp3) is 0.370. The van der Waals surface area contributed by atoms with Crippen molar-refractivity contribution in [3.8, 4) is 0 Å². The van der Waals surface area contributed by atoms with E-state index in [1.54, 1.807) is 0 Å². The van der Waals surface area contributed by atoms with E-state index in [1.807, 2.05) is 60.7 Å². The molecule has 0 heterocycles. The van der Waals surface area contributed by atoms with Crippen molar-refractivity contribution < 1.29 is 19.5 Å². The van der Waals surface area contributed by atoms with Crippen LogP contribution in [0.15, 0.2) is 70.6 Å². The molecule has 0 aliphatic heterocycles. The number of aliphatic imine (C=N–C) groups is 2. The highest BCUT2D eigenvalue weighted by atomic mass is 16.4. The molecule has 0 unspecified atom stereocenters. The van der Waals surface area contributed by atoms with E-state index in [4.69, 9.17) is 22.9 Å². The van der Waals surface area contributed by atoms with Crippen LogP contribution in [0.3, 0.4) is 0 Å². The Hall–Kier alpha value is -4.41. The van der Waals surface area contributed by atoms with Crippen LogP contribution in [-0.2, 0) is 27.2 Å². The van der Waals surface area contributed by atoms with E-state index >= 15 is 0 Å². The standard InChI is InChI=1S/C27H37N7O4/c28-26(29)32-14-8-7-13-21(34-27(30)31)24(36)33-22(16-19-11-5-2-6-12-19)23(35)17-20(25(37)38)15-18-9-3-1-4-10-18/h1-6,9-12,20-22H,7-8,13-17H2,(H,33,36)(H,37,38)(H4,28,29,32)(H4,30,31,34)/t20-,21+,22+/m1/s1. The van der Waals surface area contributed by atoms with E-state index in [1.165, 1.54) is 0 Å². The van der Waals surface area contributed by atoms with Gasteiger partial charge in [0.05, 0.1) is 12.0 Å². The SMILES string of the molecule is NC(N)=NCCCC[C@H](N=C(N)N)C(=O)N[C@@H](Cc1ccccc1)C(=O)C[C@@H](Cc1ccccc1)C(=O)O. The summed E-state index contributed by atoms with van der Waals surface area (Å²) in [5.74, 6) is -3.20. The van der Waals surface area contributed by atoms with Crippen LogP contribution in [0, 0.1) is 5.92 Å². The largest absolute Gasteiger partial charge is 0.481 e. The highest BCUT2D eigenvalue weighted by Crippen LogP contribution is 2.17. The molecule has 11 nitrogen and oxygen atoms in total. The van der Waals surface area contributed by atoms with Crippen LogP contribution in [0.1, 0.15) is 36.8 Å². The molecule has 11 heteroatoms. The number of amides is 1. The second-order valence-electron chi connectivity index (χ2n) is 9.02. The Morgan fingerprint density at radius 2 is 1.39 bits per heavy atom. The van der Waals surface area contributed by atoms with Crippen molar-refractivity contribution >= 4 is 29.6 Å². The second kappa shape index (κ2) is 15.6. The van der Waals surface area contributed by atoms with E-state index in [9.17, 15) is 19.5 Å². The van der Waals surface area contributed by atoms with E-state index in [0.29, 0.717) is 25.8 Å². The predicted octanol–water partition coefficient (Wildman–Crippen LogP) is 0.702. The van der Waals surface area contributed by atoms with E-state index < -0.39 is 29.9 Å². The molecule has 38 heavy (non-hydrogen) atoms. The van der Waals surface area contributed by atoms with Gasteiger partial charge in [-0.1, -0.05) is 60.7 Å². The molecule has 0 aliphatic rings. The highest BCUT2D eigenvalue weighted by molar-refractivity contribution is 5.93. The van der Waals surface area contributed by atoms with Gasteiger partial charge in [-0.3, -0.25) is 19.4 Å². The van der Waals surface area contributed by atoms with Crippen molar-refractivity contribution in [2.75, 3.05) is 6.54 Å². The lowest BCUT2D eigenvalue weighted by atomic mass is 9.90. The van der Waals surface area contributed by atoms with Crippen molar-refractivity contribution in [2.24, 2.45) is 38.8 Å². The Labute approximate surface area is 222 Å². The van der Waals surface area contributed by atoms with Gasteiger partial charge in [-0.05, 0) is 43.2 Å². The normalized spacial score (nSPS) is 12.9. The van der Waals surface area contributed by atoms with Crippen molar-refractivity contribution in [1.82, 2.24) is 5.32 Å². The fourth-order valence-corrected chi connectivity index (χ4v) is 3.99. The summed E-state index contributed by atoms with van der Waals surface area (Å²) in [5.41, 5.74) is 23.4. The van der Waals surface area contributed by atoms with Crippen molar-refractivity contribution in [2.45, 2.75) is 50.6 Å². The maximum atomic E-state index is 13.4. The summed E-state index contributed by atoms with van der Waals surface area (Å²) in [7, 11) is 0. The monoisotopic (exact) mass is 523 g/mol. The maximum absolute atomic E-state index is 13.4. The summed E-state index contributed by atoms with van der Waals surface area (Å²) < 4.78 is 0. The first kappa shape index (κ1) is 29.8. The number of carbonyl (C=O) groups is 3. The Morgan fingerprint density at radius 1 is 0.816 bits per heavy atom. The number of unbranched alkanes of at least 4 members (excludes halogenated alkanes) is 1. The molecule has 0 saturated carbocycles. The molecule has 204 valence electrons. The number of hydrogen-bond acceptors (Lipinski definition) is 5. The zero-order chi connectivity index (χ0) is 27.9. The van der Waals surface area contributed by atoms with Crippen LogP contribution in [0.4, 0.5) is 0 Å². The van der Waals surface area contributed by atoms with Crippen LogP contribution in [0.2, 0.25) is 0 Å². The molecular formula is C27H37N7O4. The van der Waals surface area contributed by atoms with Gasteiger partial charge in [-0.15, -0.1) is 0 Å². The molecule has 0 aromatic heterocycles. The van der Waals surface area contributed by atoms with Crippen LogP contribution in [-0.4, -0.2) is 53.3 Å². The number of nitrogens with one attached hydrogen (secondary N) is 1. The molecule has 3 atom stereocenters. The predicted molar refractivity (Wildman–Crippen MR) is 147 cm³/mol. The number of carbonyl (C=O) groups excluding carboxylic acids is 2. The number of nitrogens with zero attached hydrogens (tertiary/aromatic N) is 2. The van der Waals surface area contributed by atoms with E-state index in [-0.39, 0.29) is 37.0 Å². The summed E-state index contributed by atoms with van der Waals surface area (Å²) in [6.07, 6.45) is 1.62. The maximum Gasteiger partial charge on any atom is 0.307 e. The number of Topliss-reactive ketones (excluding diaryl/α,β-unsaturated/α-hetero) is 1. The smallest absolute Gasteiger partial charge is 0.307 e.